The molecule has 0 aromatic carbocycles. The SMILES string of the molecule is CC(C)Cn1c(CCl)nnc1CC1CCCCO1. The average Bonchev–Trinajstić information content (AvgIpc) is 2.72. The molecule has 2 rings (SSSR count). The van der Waals surface area contributed by atoms with Crippen molar-refractivity contribution in [3.8, 4) is 0 Å². The maximum atomic E-state index is 5.92. The molecule has 1 unspecified atom stereocenters. The summed E-state index contributed by atoms with van der Waals surface area (Å²) in [6.07, 6.45) is 4.73. The van der Waals surface area contributed by atoms with Gasteiger partial charge < -0.3 is 9.30 Å². The maximum absolute atomic E-state index is 5.92. The van der Waals surface area contributed by atoms with E-state index in [2.05, 4.69) is 28.6 Å². The number of nitrogens with zero attached hydrogens (tertiary/aromatic N) is 3. The van der Waals surface area contributed by atoms with E-state index in [0.717, 1.165) is 37.6 Å². The monoisotopic (exact) mass is 271 g/mol. The summed E-state index contributed by atoms with van der Waals surface area (Å²) in [6.45, 7) is 6.19. The lowest BCUT2D eigenvalue weighted by Crippen LogP contribution is -2.24. The molecule has 1 fully saturated rings. The minimum absolute atomic E-state index is 0.303. The Labute approximate surface area is 114 Å². The van der Waals surface area contributed by atoms with E-state index in [1.165, 1.54) is 12.8 Å². The van der Waals surface area contributed by atoms with Gasteiger partial charge in [-0.25, -0.2) is 0 Å². The van der Waals surface area contributed by atoms with Crippen LogP contribution in [0.15, 0.2) is 0 Å². The molecule has 5 heteroatoms. The molecule has 0 amide bonds. The molecule has 0 aliphatic carbocycles. The molecule has 102 valence electrons. The number of hydrogen-bond donors (Lipinski definition) is 0. The van der Waals surface area contributed by atoms with Gasteiger partial charge in [-0.3, -0.25) is 0 Å². The lowest BCUT2D eigenvalue weighted by Gasteiger charge is -2.22. The summed E-state index contributed by atoms with van der Waals surface area (Å²) in [4.78, 5) is 0. The quantitative estimate of drug-likeness (QED) is 0.773. The molecule has 1 aliphatic rings. The van der Waals surface area contributed by atoms with Crippen LogP contribution in [0.3, 0.4) is 0 Å². The van der Waals surface area contributed by atoms with E-state index >= 15 is 0 Å². The van der Waals surface area contributed by atoms with E-state index in [1.807, 2.05) is 0 Å². The molecular weight excluding hydrogens is 250 g/mol. The van der Waals surface area contributed by atoms with Crippen molar-refractivity contribution in [2.75, 3.05) is 6.61 Å². The molecule has 4 nitrogen and oxygen atoms in total. The standard InChI is InChI=1S/C13H22ClN3O/c1-10(2)9-17-12(15-16-13(17)8-14)7-11-5-3-4-6-18-11/h10-11H,3-9H2,1-2H3. The summed E-state index contributed by atoms with van der Waals surface area (Å²) in [7, 11) is 0. The third-order valence-electron chi connectivity index (χ3n) is 3.26. The first kappa shape index (κ1) is 13.8. The topological polar surface area (TPSA) is 39.9 Å². The fraction of sp³-hybridized carbons (Fsp3) is 0.846. The number of halogens is 1. The smallest absolute Gasteiger partial charge is 0.147 e. The number of ether oxygens (including phenoxy) is 1. The molecule has 0 bridgehead atoms. The number of hydrogen-bond acceptors (Lipinski definition) is 3. The molecule has 0 N–H and O–H groups in total. The second-order valence-electron chi connectivity index (χ2n) is 5.36. The van der Waals surface area contributed by atoms with Crippen LogP contribution in [0, 0.1) is 5.92 Å². The van der Waals surface area contributed by atoms with E-state index in [1.54, 1.807) is 0 Å². The first-order valence-corrected chi connectivity index (χ1v) is 7.32. The zero-order valence-electron chi connectivity index (χ0n) is 11.2. The van der Waals surface area contributed by atoms with Crippen molar-refractivity contribution >= 4 is 11.6 Å². The molecule has 1 saturated heterocycles. The summed E-state index contributed by atoms with van der Waals surface area (Å²) in [6, 6.07) is 0. The molecular formula is C13H22ClN3O. The van der Waals surface area contributed by atoms with Crippen LogP contribution in [0.4, 0.5) is 0 Å². The van der Waals surface area contributed by atoms with Gasteiger partial charge in [0.25, 0.3) is 0 Å². The average molecular weight is 272 g/mol. The first-order chi connectivity index (χ1) is 8.70. The van der Waals surface area contributed by atoms with Crippen LogP contribution < -0.4 is 0 Å². The van der Waals surface area contributed by atoms with Crippen molar-refractivity contribution in [3.63, 3.8) is 0 Å². The van der Waals surface area contributed by atoms with Gasteiger partial charge in [0.1, 0.15) is 11.6 Å². The van der Waals surface area contributed by atoms with Gasteiger partial charge in [-0.05, 0) is 25.2 Å². The highest BCUT2D eigenvalue weighted by molar-refractivity contribution is 6.16. The Morgan fingerprint density at radius 1 is 1.33 bits per heavy atom. The summed E-state index contributed by atoms with van der Waals surface area (Å²) >= 11 is 5.92. The van der Waals surface area contributed by atoms with Gasteiger partial charge in [-0.2, -0.15) is 0 Å². The summed E-state index contributed by atoms with van der Waals surface area (Å²) in [5, 5.41) is 8.46. The van der Waals surface area contributed by atoms with Gasteiger partial charge >= 0.3 is 0 Å². The molecule has 1 aromatic rings. The molecule has 1 aliphatic heterocycles. The minimum atomic E-state index is 0.303. The largest absolute Gasteiger partial charge is 0.378 e. The Kier molecular flexibility index (Phi) is 5.01. The normalized spacial score (nSPS) is 20.6. The summed E-state index contributed by atoms with van der Waals surface area (Å²) in [5.41, 5.74) is 0. The van der Waals surface area contributed by atoms with Crippen LogP contribution in [0.2, 0.25) is 0 Å². The molecule has 0 saturated carbocycles. The van der Waals surface area contributed by atoms with Crippen molar-refractivity contribution in [1.29, 1.82) is 0 Å². The molecule has 2 heterocycles. The molecule has 1 aromatic heterocycles. The summed E-state index contributed by atoms with van der Waals surface area (Å²) < 4.78 is 7.93. The molecule has 18 heavy (non-hydrogen) atoms. The number of alkyl halides is 1. The third kappa shape index (κ3) is 3.45. The predicted molar refractivity (Wildman–Crippen MR) is 71.7 cm³/mol. The fourth-order valence-electron chi connectivity index (χ4n) is 2.37. The van der Waals surface area contributed by atoms with Crippen LogP contribution in [0.5, 0.6) is 0 Å². The van der Waals surface area contributed by atoms with E-state index < -0.39 is 0 Å². The Hall–Kier alpha value is -0.610. The molecule has 1 atom stereocenters. The van der Waals surface area contributed by atoms with Crippen molar-refractivity contribution in [2.24, 2.45) is 5.92 Å². The predicted octanol–water partition coefficient (Wildman–Crippen LogP) is 2.78. The fourth-order valence-corrected chi connectivity index (χ4v) is 2.57. The minimum Gasteiger partial charge on any atom is -0.378 e. The van der Waals surface area contributed by atoms with Gasteiger partial charge in [0, 0.05) is 19.6 Å². The maximum Gasteiger partial charge on any atom is 0.147 e. The Bertz CT molecular complexity index is 372. The molecule has 0 radical (unpaired) electrons. The lowest BCUT2D eigenvalue weighted by molar-refractivity contribution is 0.0150. The third-order valence-corrected chi connectivity index (χ3v) is 3.49. The van der Waals surface area contributed by atoms with E-state index in [-0.39, 0.29) is 0 Å². The Balaban J connectivity index is 2.08. The van der Waals surface area contributed by atoms with Gasteiger partial charge in [0.2, 0.25) is 0 Å². The van der Waals surface area contributed by atoms with Gasteiger partial charge in [-0.15, -0.1) is 21.8 Å². The van der Waals surface area contributed by atoms with Crippen LogP contribution >= 0.6 is 11.6 Å². The van der Waals surface area contributed by atoms with Crippen LogP contribution in [-0.4, -0.2) is 27.5 Å². The van der Waals surface area contributed by atoms with Crippen LogP contribution in [0.1, 0.15) is 44.8 Å². The lowest BCUT2D eigenvalue weighted by atomic mass is 10.1. The van der Waals surface area contributed by atoms with Crippen molar-refractivity contribution in [1.82, 2.24) is 14.8 Å². The number of aromatic nitrogens is 3. The zero-order valence-corrected chi connectivity index (χ0v) is 12.0. The van der Waals surface area contributed by atoms with E-state index in [0.29, 0.717) is 17.9 Å². The van der Waals surface area contributed by atoms with E-state index in [9.17, 15) is 0 Å². The second kappa shape index (κ2) is 6.53. The highest BCUT2D eigenvalue weighted by Gasteiger charge is 2.19. The summed E-state index contributed by atoms with van der Waals surface area (Å²) in [5.74, 6) is 2.88. The highest BCUT2D eigenvalue weighted by atomic mass is 35.5. The first-order valence-electron chi connectivity index (χ1n) is 6.79. The van der Waals surface area contributed by atoms with Crippen LogP contribution in [-0.2, 0) is 23.6 Å². The molecule has 0 spiro atoms. The van der Waals surface area contributed by atoms with Crippen LogP contribution in [0.25, 0.3) is 0 Å². The van der Waals surface area contributed by atoms with Crippen molar-refractivity contribution in [2.45, 2.75) is 58.1 Å². The van der Waals surface area contributed by atoms with Crippen molar-refractivity contribution < 1.29 is 4.74 Å². The van der Waals surface area contributed by atoms with Gasteiger partial charge in [-0.1, -0.05) is 13.8 Å². The van der Waals surface area contributed by atoms with Crippen molar-refractivity contribution in [3.05, 3.63) is 11.6 Å². The Morgan fingerprint density at radius 2 is 2.11 bits per heavy atom. The Morgan fingerprint density at radius 3 is 2.72 bits per heavy atom. The second-order valence-corrected chi connectivity index (χ2v) is 5.63. The van der Waals surface area contributed by atoms with E-state index in [4.69, 9.17) is 16.3 Å². The van der Waals surface area contributed by atoms with Gasteiger partial charge in [0.15, 0.2) is 0 Å². The zero-order chi connectivity index (χ0) is 13.0. The number of rotatable bonds is 5. The highest BCUT2D eigenvalue weighted by Crippen LogP contribution is 2.18. The van der Waals surface area contributed by atoms with Gasteiger partial charge in [0.05, 0.1) is 12.0 Å².